The minimum absolute atomic E-state index is 0.277. The Bertz CT molecular complexity index is 301. The van der Waals surface area contributed by atoms with E-state index in [9.17, 15) is 4.70 Å². The Morgan fingerprint density at radius 2 is 2.27 bits per heavy atom. The Hall–Kier alpha value is -1.72. The fourth-order valence-corrected chi connectivity index (χ4v) is 0.415. The average molecular weight is 140 g/mol. The van der Waals surface area contributed by atoms with Gasteiger partial charge in [0.05, 0.1) is 0 Å². The van der Waals surface area contributed by atoms with Gasteiger partial charge in [0.25, 0.3) is 0 Å². The normalized spacial score (nSPS) is 8.00. The molecule has 50 valence electrons. The zero-order chi connectivity index (χ0) is 8.53. The first kappa shape index (κ1) is 9.28. The molecule has 0 aromatic heterocycles. The first-order chi connectivity index (χ1) is 5.35. The van der Waals surface area contributed by atoms with Gasteiger partial charge in [-0.3, -0.25) is 0 Å². The molecule has 0 amide bonds. The molecule has 11 heavy (non-hydrogen) atoms. The third kappa shape index (κ3) is 4.77. The first-order valence-corrected chi connectivity index (χ1v) is 2.92. The van der Waals surface area contributed by atoms with Crippen molar-refractivity contribution in [3.63, 3.8) is 0 Å². The van der Waals surface area contributed by atoms with Gasteiger partial charge in [-0.15, -0.1) is 0 Å². The van der Waals surface area contributed by atoms with Crippen molar-refractivity contribution in [2.75, 3.05) is 0 Å². The fourth-order valence-electron chi connectivity index (χ4n) is 0.415. The number of hydrogen-bond donors (Lipinski definition) is 0. The molecule has 0 aromatic carbocycles. The Morgan fingerprint density at radius 3 is 2.73 bits per heavy atom. The van der Waals surface area contributed by atoms with Gasteiger partial charge in [0.1, 0.15) is 0 Å². The van der Waals surface area contributed by atoms with Crippen LogP contribution in [0.4, 0.5) is 0 Å². The molecule has 0 aliphatic carbocycles. The van der Waals surface area contributed by atoms with Crippen LogP contribution >= 0.6 is 0 Å². The predicted octanol–water partition coefficient (Wildman–Crippen LogP) is 0.651. The van der Waals surface area contributed by atoms with E-state index in [-0.39, 0.29) is 6.32 Å². The van der Waals surface area contributed by atoms with Gasteiger partial charge in [0, 0.05) is 0 Å². The van der Waals surface area contributed by atoms with Crippen LogP contribution in [0.25, 0.3) is 0 Å². The Morgan fingerprint density at radius 1 is 1.55 bits per heavy atom. The molecule has 0 aliphatic rings. The van der Waals surface area contributed by atoms with Crippen LogP contribution in [0.15, 0.2) is 11.6 Å². The Labute approximate surface area is 67.1 Å². The third-order valence-corrected chi connectivity index (χ3v) is 0.843. The maximum atomic E-state index is 9.90. The summed E-state index contributed by atoms with van der Waals surface area (Å²) in [7, 11) is 0.745. The monoisotopic (exact) mass is 140 g/mol. The van der Waals surface area contributed by atoms with E-state index in [2.05, 4.69) is 23.7 Å². The van der Waals surface area contributed by atoms with E-state index in [1.54, 1.807) is 6.08 Å². The molecule has 0 atom stereocenters. The van der Waals surface area contributed by atoms with Gasteiger partial charge in [-0.2, -0.15) is 0 Å². The van der Waals surface area contributed by atoms with Crippen LogP contribution in [-0.2, 0) is 4.70 Å². The van der Waals surface area contributed by atoms with Gasteiger partial charge in [-0.05, 0) is 0 Å². The summed E-state index contributed by atoms with van der Waals surface area (Å²) in [5, 5.41) is 0. The van der Waals surface area contributed by atoms with E-state index >= 15 is 0 Å². The van der Waals surface area contributed by atoms with E-state index in [1.165, 1.54) is 0 Å². The molecule has 0 aromatic rings. The van der Waals surface area contributed by atoms with Crippen molar-refractivity contribution >= 4 is 7.15 Å². The number of allylic oxidation sites excluding steroid dienone is 2. The van der Waals surface area contributed by atoms with Crippen LogP contribution in [0.2, 0.25) is 6.32 Å². The van der Waals surface area contributed by atoms with Crippen LogP contribution < -0.4 is 0 Å². The van der Waals surface area contributed by atoms with Crippen molar-refractivity contribution < 1.29 is 4.70 Å². The van der Waals surface area contributed by atoms with Gasteiger partial charge in [-0.1, -0.05) is 0 Å². The van der Waals surface area contributed by atoms with Crippen molar-refractivity contribution in [1.82, 2.24) is 0 Å². The van der Waals surface area contributed by atoms with Crippen LogP contribution in [0.1, 0.15) is 0 Å². The molecule has 1 nitrogen and oxygen atoms in total. The predicted molar refractivity (Wildman–Crippen MR) is 44.8 cm³/mol. The molecule has 0 aliphatic heterocycles. The van der Waals surface area contributed by atoms with Crippen LogP contribution in [0.3, 0.4) is 0 Å². The molecule has 0 saturated carbocycles. The fraction of sp³-hybridized carbons (Fsp3) is 0.111. The minimum atomic E-state index is 0.277. The third-order valence-electron chi connectivity index (χ3n) is 0.843. The summed E-state index contributed by atoms with van der Waals surface area (Å²) in [6.07, 6.45) is 11.7. The standard InChI is InChI=1S/C9H5BO/c1-3-5-6-9(4-2)7-8-10-11/h1-2,7H,8H2/b9-7+. The second-order valence-electron chi connectivity index (χ2n) is 1.56. The summed E-state index contributed by atoms with van der Waals surface area (Å²) in [4.78, 5) is 0. The molecule has 0 fully saturated rings. The van der Waals surface area contributed by atoms with Crippen molar-refractivity contribution in [3.05, 3.63) is 11.6 Å². The van der Waals surface area contributed by atoms with Crippen molar-refractivity contribution in [2.45, 2.75) is 6.32 Å². The molecule has 0 bridgehead atoms. The van der Waals surface area contributed by atoms with Crippen molar-refractivity contribution in [1.29, 1.82) is 0 Å². The van der Waals surface area contributed by atoms with E-state index < -0.39 is 0 Å². The van der Waals surface area contributed by atoms with Gasteiger partial charge in [0.2, 0.25) is 0 Å². The van der Waals surface area contributed by atoms with Crippen LogP contribution in [0, 0.1) is 36.5 Å². The molecule has 0 rings (SSSR count). The van der Waals surface area contributed by atoms with Gasteiger partial charge in [0.15, 0.2) is 0 Å². The zero-order valence-corrected chi connectivity index (χ0v) is 5.92. The molecule has 0 unspecified atom stereocenters. The topological polar surface area (TPSA) is 17.1 Å². The summed E-state index contributed by atoms with van der Waals surface area (Å²) in [5.41, 5.74) is 0.454. The SMILES string of the molecule is C#CC#C/C(C#C)=C/CB=O. The summed E-state index contributed by atoms with van der Waals surface area (Å²) < 4.78 is 9.90. The first-order valence-electron chi connectivity index (χ1n) is 2.92. The molecule has 0 spiro atoms. The second kappa shape index (κ2) is 6.41. The van der Waals surface area contributed by atoms with Crippen LogP contribution in [0.5, 0.6) is 0 Å². The molecule has 0 heterocycles. The number of rotatable bonds is 2. The summed E-state index contributed by atoms with van der Waals surface area (Å²) in [5.74, 6) is 9.32. The van der Waals surface area contributed by atoms with E-state index in [4.69, 9.17) is 12.8 Å². The molecular formula is C9H5BO. The van der Waals surface area contributed by atoms with Gasteiger partial charge >= 0.3 is 66.4 Å². The number of terminal acetylenes is 2. The molecular weight excluding hydrogens is 135 g/mol. The maximum absolute atomic E-state index is 9.90. The second-order valence-corrected chi connectivity index (χ2v) is 1.56. The van der Waals surface area contributed by atoms with Gasteiger partial charge < -0.3 is 0 Å². The van der Waals surface area contributed by atoms with Crippen molar-refractivity contribution in [3.8, 4) is 36.5 Å². The van der Waals surface area contributed by atoms with Crippen molar-refractivity contribution in [2.24, 2.45) is 0 Å². The quantitative estimate of drug-likeness (QED) is 0.406. The summed E-state index contributed by atoms with van der Waals surface area (Å²) in [6, 6.07) is 0. The zero-order valence-electron chi connectivity index (χ0n) is 5.92. The Balaban J connectivity index is 4.33. The summed E-state index contributed by atoms with van der Waals surface area (Å²) in [6.45, 7) is 0. The molecule has 2 heteroatoms. The Kier molecular flexibility index (Phi) is 5.41. The average Bonchev–Trinajstić information content (AvgIpc) is 2.05. The summed E-state index contributed by atoms with van der Waals surface area (Å²) >= 11 is 0. The number of hydrogen-bond acceptors (Lipinski definition) is 1. The molecule has 0 radical (unpaired) electrons. The molecule has 0 N–H and O–H groups in total. The van der Waals surface area contributed by atoms with Crippen LogP contribution in [-0.4, -0.2) is 7.15 Å². The molecule has 0 saturated heterocycles. The van der Waals surface area contributed by atoms with E-state index in [0.29, 0.717) is 5.57 Å². The van der Waals surface area contributed by atoms with E-state index in [1.807, 2.05) is 0 Å². The van der Waals surface area contributed by atoms with E-state index in [0.717, 1.165) is 7.15 Å². The van der Waals surface area contributed by atoms with Gasteiger partial charge in [-0.25, -0.2) is 0 Å².